The van der Waals surface area contributed by atoms with Gasteiger partial charge in [0, 0.05) is 0 Å². The van der Waals surface area contributed by atoms with E-state index in [9.17, 15) is 0 Å². The molecule has 40 valence electrons. The van der Waals surface area contributed by atoms with Crippen molar-refractivity contribution in [3.05, 3.63) is 15.3 Å². The standard InChI is InChI=1S/NO3.H2N.Pt/c2-1(3)4;;/h;1H2;/q2*-1;+2. The minimum atomic E-state index is -1.75. The van der Waals surface area contributed by atoms with Crippen LogP contribution < -0.4 is 4.29 Å². The van der Waals surface area contributed by atoms with Gasteiger partial charge in [0.15, 0.2) is 0 Å². The molecule has 6 heteroatoms. The molecule has 0 bridgehead atoms. The molecule has 2 N–H and O–H groups in total. The molecule has 0 spiro atoms. The summed E-state index contributed by atoms with van der Waals surface area (Å²) >= 11 is 1.64. The van der Waals surface area contributed by atoms with Crippen LogP contribution in [0.3, 0.4) is 0 Å². The maximum atomic E-state index is 8.25. The van der Waals surface area contributed by atoms with Crippen LogP contribution in [0.4, 0.5) is 0 Å². The van der Waals surface area contributed by atoms with E-state index < -0.39 is 5.09 Å². The van der Waals surface area contributed by atoms with Gasteiger partial charge in [-0.1, -0.05) is 0 Å². The fourth-order valence-electron chi connectivity index (χ4n) is 0. The summed E-state index contributed by atoms with van der Waals surface area (Å²) in [7, 11) is 0. The van der Waals surface area contributed by atoms with E-state index in [0.29, 0.717) is 0 Å². The molecule has 0 aromatic rings. The number of nitrogens with two attached hydrogens (primary N) is 1. The van der Waals surface area contributed by atoms with Crippen LogP contribution in [0.25, 0.3) is 0 Å². The van der Waals surface area contributed by atoms with Gasteiger partial charge in [-0.05, 0) is 0 Å². The summed E-state index contributed by atoms with van der Waals surface area (Å²) in [5, 5.41) is 14.8. The summed E-state index contributed by atoms with van der Waals surface area (Å²) in [6, 6.07) is 0. The number of hydrogen-bond donors (Lipinski definition) is 1. The molecule has 0 atom stereocenters. The second-order valence-corrected chi connectivity index (χ2v) is 0.224. The Balaban J connectivity index is 0. The van der Waals surface area contributed by atoms with Crippen molar-refractivity contribution >= 4 is 0 Å². The van der Waals surface area contributed by atoms with Crippen LogP contribution in [0.1, 0.15) is 0 Å². The molecule has 0 aromatic heterocycles. The van der Waals surface area contributed by atoms with E-state index in [0.717, 1.165) is 0 Å². The van der Waals surface area contributed by atoms with Gasteiger partial charge in [0.05, 0.1) is 5.09 Å². The third kappa shape index (κ3) is 1360. The van der Waals surface area contributed by atoms with Crippen molar-refractivity contribution < 1.29 is 25.2 Å². The van der Waals surface area contributed by atoms with Crippen molar-refractivity contribution in [2.45, 2.75) is 0 Å². The average Bonchev–Trinajstić information content (AvgIpc) is 1.41. The zero-order valence-electron chi connectivity index (χ0n) is 2.57. The molecular formula is H2N2O3Pt. The van der Waals surface area contributed by atoms with Gasteiger partial charge >= 0.3 is 24.4 Å². The van der Waals surface area contributed by atoms with Gasteiger partial charge in [-0.15, -0.1) is 0 Å². The summed E-state index contributed by atoms with van der Waals surface area (Å²) in [5.74, 6) is 0. The Kier molecular flexibility index (Phi) is 13.7. The fourth-order valence-corrected chi connectivity index (χ4v) is 0. The molecule has 0 rings (SSSR count). The molecule has 0 saturated carbocycles. The second kappa shape index (κ2) is 8.85. The second-order valence-electron chi connectivity index (χ2n) is 0.224. The van der Waals surface area contributed by atoms with Crippen molar-refractivity contribution in [3.8, 4) is 0 Å². The van der Waals surface area contributed by atoms with Gasteiger partial charge in [-0.25, -0.2) is 0 Å². The topological polar surface area (TPSA) is 92.2 Å². The molecule has 0 fully saturated rings. The van der Waals surface area contributed by atoms with E-state index in [4.69, 9.17) is 15.3 Å². The van der Waals surface area contributed by atoms with Crippen LogP contribution in [0.2, 0.25) is 0 Å². The predicted octanol–water partition coefficient (Wildman–Crippen LogP) is -0.832. The number of hydrogen-bond acceptors (Lipinski definition) is 4. The van der Waals surface area contributed by atoms with Crippen LogP contribution in [-0.2, 0) is 20.1 Å². The van der Waals surface area contributed by atoms with E-state index in [1.54, 1.807) is 20.1 Å². The van der Waals surface area contributed by atoms with Crippen molar-refractivity contribution in [1.29, 1.82) is 0 Å². The molecule has 0 amide bonds. The normalized spacial score (nSPS) is 5.17. The summed E-state index contributed by atoms with van der Waals surface area (Å²) in [6.07, 6.45) is 0. The molecule has 0 heterocycles. The molecule has 6 heavy (non-hydrogen) atoms. The van der Waals surface area contributed by atoms with E-state index in [1.165, 1.54) is 0 Å². The van der Waals surface area contributed by atoms with Crippen LogP contribution in [0, 0.1) is 15.3 Å². The third-order valence-electron chi connectivity index (χ3n) is 0. The summed E-state index contributed by atoms with van der Waals surface area (Å²) in [5.41, 5.74) is 0. The van der Waals surface area contributed by atoms with Crippen LogP contribution in [-0.4, -0.2) is 5.09 Å². The first kappa shape index (κ1) is 9.28. The fraction of sp³-hybridized carbons (Fsp3) is 0. The first-order valence-corrected chi connectivity index (χ1v) is 2.04. The third-order valence-corrected chi connectivity index (χ3v) is 0. The average molecular weight is 273 g/mol. The van der Waals surface area contributed by atoms with E-state index in [2.05, 4.69) is 4.29 Å². The summed E-state index contributed by atoms with van der Waals surface area (Å²) in [4.78, 5) is 8.25. The van der Waals surface area contributed by atoms with Crippen LogP contribution in [0.15, 0.2) is 0 Å². The van der Waals surface area contributed by atoms with Crippen LogP contribution >= 0.6 is 0 Å². The summed E-state index contributed by atoms with van der Waals surface area (Å²) < 4.78 is 4.47. The van der Waals surface area contributed by atoms with Crippen molar-refractivity contribution in [3.63, 3.8) is 0 Å². The van der Waals surface area contributed by atoms with Gasteiger partial charge in [0.1, 0.15) is 0 Å². The van der Waals surface area contributed by atoms with Crippen molar-refractivity contribution in [2.75, 3.05) is 0 Å². The molecule has 0 radical (unpaired) electrons. The van der Waals surface area contributed by atoms with E-state index in [1.807, 2.05) is 0 Å². The van der Waals surface area contributed by atoms with Gasteiger partial charge in [0.2, 0.25) is 0 Å². The quantitative estimate of drug-likeness (QED) is 0.460. The monoisotopic (exact) mass is 273 g/mol. The first-order chi connectivity index (χ1) is 2.73. The number of rotatable bonds is 0. The Labute approximate surface area is 45.4 Å². The van der Waals surface area contributed by atoms with Crippen LogP contribution in [0.5, 0.6) is 0 Å². The van der Waals surface area contributed by atoms with E-state index in [-0.39, 0.29) is 0 Å². The van der Waals surface area contributed by atoms with Gasteiger partial charge in [0.25, 0.3) is 0 Å². The number of nitrogens with zero attached hydrogens (tertiary/aromatic N) is 1. The van der Waals surface area contributed by atoms with Crippen molar-refractivity contribution in [1.82, 2.24) is 0 Å². The predicted molar refractivity (Wildman–Crippen MR) is 14.5 cm³/mol. The Bertz CT molecular complexity index is 31.8. The molecule has 0 aliphatic carbocycles. The van der Waals surface area contributed by atoms with Gasteiger partial charge in [-0.2, -0.15) is 0 Å². The van der Waals surface area contributed by atoms with E-state index >= 15 is 0 Å². The first-order valence-electron chi connectivity index (χ1n) is 0.730. The van der Waals surface area contributed by atoms with Crippen molar-refractivity contribution in [2.24, 2.45) is 4.29 Å². The molecule has 0 aliphatic heterocycles. The SMILES string of the molecule is O=[N+]([O-])[O-].[NH2][Pt+]. The molecule has 0 aromatic carbocycles. The Hall–Kier alpha value is -0.152. The Morgan fingerprint density at radius 2 is 1.50 bits per heavy atom. The molecule has 0 aliphatic rings. The maximum absolute atomic E-state index is 8.25. The zero-order valence-corrected chi connectivity index (χ0v) is 4.84. The Morgan fingerprint density at radius 3 is 1.50 bits per heavy atom. The Morgan fingerprint density at radius 1 is 1.50 bits per heavy atom. The van der Waals surface area contributed by atoms with Gasteiger partial charge in [-0.3, -0.25) is 0 Å². The van der Waals surface area contributed by atoms with Gasteiger partial charge < -0.3 is 15.3 Å². The minimum absolute atomic E-state index is 1.64. The molecular weight excluding hydrogens is 271 g/mol. The molecule has 0 unspecified atom stereocenters. The zero-order chi connectivity index (χ0) is 5.58. The summed E-state index contributed by atoms with van der Waals surface area (Å²) in [6.45, 7) is 0. The molecule has 0 saturated heterocycles. The molecule has 5 nitrogen and oxygen atoms in total.